The summed E-state index contributed by atoms with van der Waals surface area (Å²) in [6, 6.07) is 27.2. The number of hydroxylamine groups is 1. The van der Waals surface area contributed by atoms with Crippen molar-refractivity contribution in [2.75, 3.05) is 13.1 Å². The minimum atomic E-state index is -0.473. The first-order chi connectivity index (χ1) is 14.7. The van der Waals surface area contributed by atoms with Crippen LogP contribution in [0.3, 0.4) is 0 Å². The van der Waals surface area contributed by atoms with E-state index in [1.54, 1.807) is 5.48 Å². The summed E-state index contributed by atoms with van der Waals surface area (Å²) in [7, 11) is 0. The fourth-order valence-corrected chi connectivity index (χ4v) is 4.42. The van der Waals surface area contributed by atoms with Gasteiger partial charge in [-0.1, -0.05) is 60.7 Å². The first-order valence-corrected chi connectivity index (χ1v) is 10.9. The van der Waals surface area contributed by atoms with E-state index >= 15 is 0 Å². The van der Waals surface area contributed by atoms with Crippen LogP contribution >= 0.6 is 11.3 Å². The standard InChI is InChI=1S/C25H24N2O2S/c28-25(27-29)24-17-22-16-21(10-11-23(22)30-24)20-8-6-19(7-9-20)13-15-26-14-12-18-4-2-1-3-5-18/h1-11,16-17,26,29H,12-15H2,(H,27,28). The molecule has 1 aromatic heterocycles. The lowest BCUT2D eigenvalue weighted by Crippen LogP contribution is -2.20. The number of carbonyl (C=O) groups is 1. The molecule has 152 valence electrons. The maximum absolute atomic E-state index is 11.6. The zero-order valence-corrected chi connectivity index (χ0v) is 17.4. The van der Waals surface area contributed by atoms with Crippen LogP contribution in [0.25, 0.3) is 21.2 Å². The Bertz CT molecular complexity index is 1120. The summed E-state index contributed by atoms with van der Waals surface area (Å²) in [5.74, 6) is -0.473. The normalized spacial score (nSPS) is 11.0. The van der Waals surface area contributed by atoms with Gasteiger partial charge in [-0.25, -0.2) is 5.48 Å². The van der Waals surface area contributed by atoms with E-state index in [4.69, 9.17) is 5.21 Å². The van der Waals surface area contributed by atoms with Crippen LogP contribution in [-0.2, 0) is 12.8 Å². The molecule has 0 fully saturated rings. The molecule has 0 unspecified atom stereocenters. The number of hydrogen-bond donors (Lipinski definition) is 3. The van der Waals surface area contributed by atoms with Crippen molar-refractivity contribution in [2.45, 2.75) is 12.8 Å². The summed E-state index contributed by atoms with van der Waals surface area (Å²) >= 11 is 1.37. The molecule has 0 aliphatic heterocycles. The molecule has 0 atom stereocenters. The van der Waals surface area contributed by atoms with E-state index in [-0.39, 0.29) is 0 Å². The zero-order valence-electron chi connectivity index (χ0n) is 16.6. The number of nitrogens with one attached hydrogen (secondary N) is 2. The van der Waals surface area contributed by atoms with E-state index in [9.17, 15) is 4.79 Å². The molecular weight excluding hydrogens is 392 g/mol. The highest BCUT2D eigenvalue weighted by Gasteiger charge is 2.10. The lowest BCUT2D eigenvalue weighted by molar-refractivity contribution is 0.0711. The topological polar surface area (TPSA) is 61.4 Å². The quantitative estimate of drug-likeness (QED) is 0.214. The van der Waals surface area contributed by atoms with Gasteiger partial charge in [0.05, 0.1) is 4.88 Å². The molecule has 0 aliphatic rings. The van der Waals surface area contributed by atoms with Gasteiger partial charge in [-0.15, -0.1) is 11.3 Å². The third-order valence-electron chi connectivity index (χ3n) is 5.15. The number of hydrogen-bond acceptors (Lipinski definition) is 4. The summed E-state index contributed by atoms with van der Waals surface area (Å²) in [5, 5.41) is 13.3. The Morgan fingerprint density at radius 1 is 0.800 bits per heavy atom. The summed E-state index contributed by atoms with van der Waals surface area (Å²) in [4.78, 5) is 12.1. The van der Waals surface area contributed by atoms with Crippen LogP contribution in [0.4, 0.5) is 0 Å². The molecule has 1 amide bonds. The average Bonchev–Trinajstić information content (AvgIpc) is 3.23. The molecule has 30 heavy (non-hydrogen) atoms. The van der Waals surface area contributed by atoms with Gasteiger partial charge < -0.3 is 5.32 Å². The smallest absolute Gasteiger partial charge is 0.284 e. The number of amides is 1. The van der Waals surface area contributed by atoms with Crippen LogP contribution in [0.5, 0.6) is 0 Å². The fraction of sp³-hybridized carbons (Fsp3) is 0.160. The number of rotatable bonds is 8. The molecule has 0 saturated carbocycles. The third kappa shape index (κ3) is 4.94. The number of thiophene rings is 1. The van der Waals surface area contributed by atoms with Crippen LogP contribution in [-0.4, -0.2) is 24.2 Å². The molecule has 0 spiro atoms. The van der Waals surface area contributed by atoms with Crippen LogP contribution < -0.4 is 10.8 Å². The lowest BCUT2D eigenvalue weighted by Gasteiger charge is -2.07. The summed E-state index contributed by atoms with van der Waals surface area (Å²) in [6.07, 6.45) is 2.05. The Kier molecular flexibility index (Phi) is 6.54. The van der Waals surface area contributed by atoms with Crippen molar-refractivity contribution in [1.82, 2.24) is 10.8 Å². The maximum Gasteiger partial charge on any atom is 0.284 e. The van der Waals surface area contributed by atoms with Crippen LogP contribution in [0.15, 0.2) is 78.9 Å². The van der Waals surface area contributed by atoms with Crippen molar-refractivity contribution in [3.63, 3.8) is 0 Å². The second-order valence-electron chi connectivity index (χ2n) is 7.24. The van der Waals surface area contributed by atoms with Crippen molar-refractivity contribution in [3.05, 3.63) is 94.9 Å². The largest absolute Gasteiger partial charge is 0.316 e. The molecule has 3 aromatic carbocycles. The molecule has 0 saturated heterocycles. The highest BCUT2D eigenvalue weighted by molar-refractivity contribution is 7.20. The van der Waals surface area contributed by atoms with E-state index in [1.807, 2.05) is 18.2 Å². The Hall–Kier alpha value is -2.99. The number of carbonyl (C=O) groups excluding carboxylic acids is 1. The van der Waals surface area contributed by atoms with Crippen LogP contribution in [0, 0.1) is 0 Å². The molecule has 4 aromatic rings. The number of fused-ring (bicyclic) bond motifs is 1. The van der Waals surface area contributed by atoms with E-state index in [1.165, 1.54) is 22.5 Å². The number of benzene rings is 3. The predicted octanol–water partition coefficient (Wildman–Crippen LogP) is 5.06. The molecule has 0 bridgehead atoms. The summed E-state index contributed by atoms with van der Waals surface area (Å²) in [5.41, 5.74) is 6.63. The minimum absolute atomic E-state index is 0.473. The van der Waals surface area contributed by atoms with Gasteiger partial charge in [0.15, 0.2) is 0 Å². The highest BCUT2D eigenvalue weighted by atomic mass is 32.1. The third-order valence-corrected chi connectivity index (χ3v) is 6.27. The predicted molar refractivity (Wildman–Crippen MR) is 123 cm³/mol. The molecule has 5 heteroatoms. The van der Waals surface area contributed by atoms with Gasteiger partial charge in [-0.3, -0.25) is 10.0 Å². The molecule has 4 rings (SSSR count). The van der Waals surface area contributed by atoms with Crippen molar-refractivity contribution in [3.8, 4) is 11.1 Å². The monoisotopic (exact) mass is 416 g/mol. The summed E-state index contributed by atoms with van der Waals surface area (Å²) in [6.45, 7) is 1.95. The van der Waals surface area contributed by atoms with E-state index < -0.39 is 5.91 Å². The lowest BCUT2D eigenvalue weighted by atomic mass is 10.0. The molecule has 1 heterocycles. The van der Waals surface area contributed by atoms with Gasteiger partial charge in [0.1, 0.15) is 0 Å². The molecule has 4 nitrogen and oxygen atoms in total. The van der Waals surface area contributed by atoms with E-state index in [0.29, 0.717) is 4.88 Å². The SMILES string of the molecule is O=C(NO)c1cc2cc(-c3ccc(CCNCCc4ccccc4)cc3)ccc2s1. The van der Waals surface area contributed by atoms with E-state index in [0.717, 1.165) is 47.1 Å². The fourth-order valence-electron chi connectivity index (χ4n) is 3.49. The first kappa shape index (κ1) is 20.3. The van der Waals surface area contributed by atoms with Gasteiger partial charge in [-0.2, -0.15) is 0 Å². The second-order valence-corrected chi connectivity index (χ2v) is 8.32. The van der Waals surface area contributed by atoms with Crippen molar-refractivity contribution >= 4 is 27.3 Å². The van der Waals surface area contributed by atoms with E-state index in [2.05, 4.69) is 66.0 Å². The first-order valence-electron chi connectivity index (χ1n) is 10.0. The summed E-state index contributed by atoms with van der Waals surface area (Å²) < 4.78 is 1.02. The Labute approximate surface area is 180 Å². The van der Waals surface area contributed by atoms with Gasteiger partial charge in [0, 0.05) is 4.70 Å². The molecule has 0 radical (unpaired) electrons. The average molecular weight is 417 g/mol. The van der Waals surface area contributed by atoms with Gasteiger partial charge in [0.2, 0.25) is 0 Å². The second kappa shape index (κ2) is 9.67. The van der Waals surface area contributed by atoms with Crippen molar-refractivity contribution in [1.29, 1.82) is 0 Å². The van der Waals surface area contributed by atoms with Crippen LogP contribution in [0.1, 0.15) is 20.8 Å². The van der Waals surface area contributed by atoms with Gasteiger partial charge in [-0.05, 0) is 71.8 Å². The molecular formula is C25H24N2O2S. The Morgan fingerprint density at radius 2 is 1.47 bits per heavy atom. The minimum Gasteiger partial charge on any atom is -0.316 e. The highest BCUT2D eigenvalue weighted by Crippen LogP contribution is 2.30. The zero-order chi connectivity index (χ0) is 20.8. The van der Waals surface area contributed by atoms with Crippen molar-refractivity contribution < 1.29 is 10.0 Å². The maximum atomic E-state index is 11.6. The van der Waals surface area contributed by atoms with Crippen molar-refractivity contribution in [2.24, 2.45) is 0 Å². The van der Waals surface area contributed by atoms with Crippen LogP contribution in [0.2, 0.25) is 0 Å². The van der Waals surface area contributed by atoms with Gasteiger partial charge in [0.25, 0.3) is 5.91 Å². The van der Waals surface area contributed by atoms with Gasteiger partial charge >= 0.3 is 0 Å². The molecule has 3 N–H and O–H groups in total. The molecule has 0 aliphatic carbocycles. The Balaban J connectivity index is 1.33. The Morgan fingerprint density at radius 3 is 2.17 bits per heavy atom.